The Bertz CT molecular complexity index is 409. The fourth-order valence-corrected chi connectivity index (χ4v) is 1.86. The number of hydrogen-bond donors (Lipinski definition) is 3. The summed E-state index contributed by atoms with van der Waals surface area (Å²) in [6.07, 6.45) is -3.54. The van der Waals surface area contributed by atoms with Crippen molar-refractivity contribution in [3.8, 4) is 0 Å². The molecular weight excluding hydrogens is 273 g/mol. The van der Waals surface area contributed by atoms with Crippen LogP contribution in [0.25, 0.3) is 0 Å². The number of oxime groups is 1. The molecule has 2 rings (SSSR count). The minimum atomic E-state index is -5.08. The van der Waals surface area contributed by atoms with Crippen LogP contribution >= 0.6 is 0 Å². The summed E-state index contributed by atoms with van der Waals surface area (Å²) in [5.41, 5.74) is 5.81. The van der Waals surface area contributed by atoms with Crippen LogP contribution in [0.15, 0.2) is 5.16 Å². The number of nitrogens with two attached hydrogens (primary N) is 1. The molecule has 2 aliphatic rings. The van der Waals surface area contributed by atoms with Crippen LogP contribution in [0.1, 0.15) is 12.8 Å². The maximum Gasteiger partial charge on any atom is 0.490 e. The number of fused-ring (bicyclic) bond motifs is 1. The van der Waals surface area contributed by atoms with Gasteiger partial charge in [0.2, 0.25) is 0 Å². The first-order chi connectivity index (χ1) is 8.64. The number of halogens is 3. The Balaban J connectivity index is 0.000000224. The summed E-state index contributed by atoms with van der Waals surface area (Å²) in [7, 11) is 0. The molecular formula is C9H11F3N2O5. The van der Waals surface area contributed by atoms with Crippen molar-refractivity contribution in [2.24, 2.45) is 16.8 Å². The van der Waals surface area contributed by atoms with E-state index in [0.29, 0.717) is 0 Å². The summed E-state index contributed by atoms with van der Waals surface area (Å²) < 4.78 is 31.7. The van der Waals surface area contributed by atoms with Gasteiger partial charge in [-0.3, -0.25) is 0 Å². The van der Waals surface area contributed by atoms with E-state index in [9.17, 15) is 18.0 Å². The molecule has 1 fully saturated rings. The van der Waals surface area contributed by atoms with E-state index in [1.807, 2.05) is 0 Å². The average molecular weight is 284 g/mol. The minimum absolute atomic E-state index is 0.0880. The number of nitrogens with zero attached hydrogens (tertiary/aromatic N) is 1. The summed E-state index contributed by atoms with van der Waals surface area (Å²) in [6, 6.07) is -0.104. The molecule has 0 amide bonds. The summed E-state index contributed by atoms with van der Waals surface area (Å²) in [4.78, 5) is 24.5. The highest BCUT2D eigenvalue weighted by molar-refractivity contribution is 6.37. The Morgan fingerprint density at radius 3 is 2.26 bits per heavy atom. The molecule has 0 radical (unpaired) electrons. The Morgan fingerprint density at radius 1 is 1.32 bits per heavy atom. The zero-order valence-corrected chi connectivity index (χ0v) is 9.42. The van der Waals surface area contributed by atoms with E-state index in [1.54, 1.807) is 0 Å². The van der Waals surface area contributed by atoms with Crippen molar-refractivity contribution >= 4 is 17.7 Å². The van der Waals surface area contributed by atoms with E-state index >= 15 is 0 Å². The second kappa shape index (κ2) is 5.43. The van der Waals surface area contributed by atoms with Crippen molar-refractivity contribution in [2.75, 3.05) is 0 Å². The van der Waals surface area contributed by atoms with E-state index in [4.69, 9.17) is 25.6 Å². The standard InChI is InChI=1S/C7H10N2O3.C2HF3O2/c8-3-1-2-4-5(3)6(7(10)11)9-12-4;3-2(4,5)1(6)7/h3-5H,1-2,8H2,(H,10,11);(H,6,7)/t3-,4+,5-;/m1./s1. The highest BCUT2D eigenvalue weighted by Gasteiger charge is 2.46. The third-order valence-electron chi connectivity index (χ3n) is 2.71. The molecule has 19 heavy (non-hydrogen) atoms. The lowest BCUT2D eigenvalue weighted by molar-refractivity contribution is -0.192. The van der Waals surface area contributed by atoms with Gasteiger partial charge in [-0.25, -0.2) is 9.59 Å². The van der Waals surface area contributed by atoms with Crippen LogP contribution in [0.4, 0.5) is 13.2 Å². The zero-order valence-electron chi connectivity index (χ0n) is 9.42. The third-order valence-corrected chi connectivity index (χ3v) is 2.71. The van der Waals surface area contributed by atoms with Crippen molar-refractivity contribution < 1.29 is 37.8 Å². The lowest BCUT2D eigenvalue weighted by Crippen LogP contribution is -2.36. The first kappa shape index (κ1) is 15.2. The lowest BCUT2D eigenvalue weighted by atomic mass is 9.97. The number of carboxylic acid groups (broad SMARTS) is 2. The SMILES string of the molecule is N[C@@H]1CC[C@@H]2ON=C(C(=O)O)[C@H]12.O=C(O)C(F)(F)F. The maximum atomic E-state index is 10.6. The van der Waals surface area contributed by atoms with Crippen molar-refractivity contribution in [1.82, 2.24) is 0 Å². The molecule has 0 bridgehead atoms. The molecule has 10 heteroatoms. The van der Waals surface area contributed by atoms with Crippen molar-refractivity contribution in [3.05, 3.63) is 0 Å². The molecule has 0 aromatic heterocycles. The highest BCUT2D eigenvalue weighted by Crippen LogP contribution is 2.33. The molecule has 0 saturated heterocycles. The van der Waals surface area contributed by atoms with E-state index in [-0.39, 0.29) is 23.8 Å². The molecule has 1 aliphatic heterocycles. The predicted molar refractivity (Wildman–Crippen MR) is 54.3 cm³/mol. The van der Waals surface area contributed by atoms with E-state index in [0.717, 1.165) is 12.8 Å². The molecule has 1 aliphatic carbocycles. The minimum Gasteiger partial charge on any atom is -0.477 e. The molecule has 108 valence electrons. The smallest absolute Gasteiger partial charge is 0.477 e. The van der Waals surface area contributed by atoms with E-state index in [1.165, 1.54) is 0 Å². The van der Waals surface area contributed by atoms with Crippen LogP contribution in [-0.4, -0.2) is 46.2 Å². The third kappa shape index (κ3) is 3.56. The maximum absolute atomic E-state index is 10.6. The lowest BCUT2D eigenvalue weighted by Gasteiger charge is -2.10. The van der Waals surface area contributed by atoms with Crippen molar-refractivity contribution in [2.45, 2.75) is 31.2 Å². The van der Waals surface area contributed by atoms with Crippen LogP contribution in [0, 0.1) is 5.92 Å². The number of alkyl halides is 3. The van der Waals surface area contributed by atoms with Crippen LogP contribution in [0.5, 0.6) is 0 Å². The first-order valence-corrected chi connectivity index (χ1v) is 5.17. The Labute approximate surface area is 104 Å². The highest BCUT2D eigenvalue weighted by atomic mass is 19.4. The molecule has 0 spiro atoms. The first-order valence-electron chi connectivity index (χ1n) is 5.17. The topological polar surface area (TPSA) is 122 Å². The summed E-state index contributed by atoms with van der Waals surface area (Å²) in [5.74, 6) is -3.96. The van der Waals surface area contributed by atoms with E-state index < -0.39 is 18.1 Å². The van der Waals surface area contributed by atoms with Crippen molar-refractivity contribution in [1.29, 1.82) is 0 Å². The average Bonchev–Trinajstić information content (AvgIpc) is 2.81. The van der Waals surface area contributed by atoms with Gasteiger partial charge in [-0.15, -0.1) is 0 Å². The van der Waals surface area contributed by atoms with Gasteiger partial charge in [0, 0.05) is 6.04 Å². The van der Waals surface area contributed by atoms with Crippen LogP contribution in [-0.2, 0) is 14.4 Å². The van der Waals surface area contributed by atoms with Crippen LogP contribution < -0.4 is 5.73 Å². The predicted octanol–water partition coefficient (Wildman–Crippen LogP) is 0.196. The fourth-order valence-electron chi connectivity index (χ4n) is 1.86. The zero-order chi connectivity index (χ0) is 14.8. The van der Waals surface area contributed by atoms with Gasteiger partial charge in [-0.1, -0.05) is 5.16 Å². The number of carbonyl (C=O) groups is 2. The van der Waals surface area contributed by atoms with Gasteiger partial charge in [-0.05, 0) is 12.8 Å². The van der Waals surface area contributed by atoms with Gasteiger partial charge in [0.25, 0.3) is 0 Å². The second-order valence-corrected chi connectivity index (χ2v) is 4.00. The Morgan fingerprint density at radius 2 is 1.84 bits per heavy atom. The molecule has 0 aromatic carbocycles. The molecule has 1 heterocycles. The quantitative estimate of drug-likeness (QED) is 0.632. The molecule has 7 nitrogen and oxygen atoms in total. The van der Waals surface area contributed by atoms with Gasteiger partial charge in [-0.2, -0.15) is 13.2 Å². The number of aliphatic carboxylic acids is 2. The second-order valence-electron chi connectivity index (χ2n) is 4.00. The molecule has 0 aromatic rings. The van der Waals surface area contributed by atoms with Crippen LogP contribution in [0.3, 0.4) is 0 Å². The fraction of sp³-hybridized carbons (Fsp3) is 0.667. The molecule has 3 atom stereocenters. The normalized spacial score (nSPS) is 28.6. The monoisotopic (exact) mass is 284 g/mol. The number of hydrogen-bond acceptors (Lipinski definition) is 5. The summed E-state index contributed by atoms with van der Waals surface area (Å²) in [6.45, 7) is 0. The van der Waals surface area contributed by atoms with E-state index in [2.05, 4.69) is 5.16 Å². The van der Waals surface area contributed by atoms with Gasteiger partial charge in [0.15, 0.2) is 5.71 Å². The van der Waals surface area contributed by atoms with Gasteiger partial charge >= 0.3 is 18.1 Å². The van der Waals surface area contributed by atoms with Crippen LogP contribution in [0.2, 0.25) is 0 Å². The van der Waals surface area contributed by atoms with Gasteiger partial charge in [0.05, 0.1) is 5.92 Å². The Kier molecular flexibility index (Phi) is 4.35. The molecule has 4 N–H and O–H groups in total. The van der Waals surface area contributed by atoms with Crippen molar-refractivity contribution in [3.63, 3.8) is 0 Å². The summed E-state index contributed by atoms with van der Waals surface area (Å²) in [5, 5.41) is 19.3. The van der Waals surface area contributed by atoms with Gasteiger partial charge < -0.3 is 20.8 Å². The molecule has 1 saturated carbocycles. The summed E-state index contributed by atoms with van der Waals surface area (Å²) >= 11 is 0. The number of carboxylic acids is 2. The largest absolute Gasteiger partial charge is 0.490 e. The Hall–Kier alpha value is -1.84. The van der Waals surface area contributed by atoms with Gasteiger partial charge in [0.1, 0.15) is 6.10 Å². The number of rotatable bonds is 1. The molecule has 0 unspecified atom stereocenters.